The number of halogens is 2. The molecule has 0 bridgehead atoms. The average molecular weight is 391 g/mol. The van der Waals surface area contributed by atoms with E-state index in [4.69, 9.17) is 28.6 Å². The second-order valence-corrected chi connectivity index (χ2v) is 6.47. The molecule has 0 fully saturated rings. The minimum absolute atomic E-state index is 0.156. The molecule has 1 N–H and O–H groups in total. The monoisotopic (exact) mass is 390 g/mol. The van der Waals surface area contributed by atoms with E-state index in [9.17, 15) is 9.18 Å². The molecule has 1 heterocycles. The predicted molar refractivity (Wildman–Crippen MR) is 104 cm³/mol. The Morgan fingerprint density at radius 2 is 1.92 bits per heavy atom. The molecule has 1 unspecified atom stereocenters. The molecule has 7 heteroatoms. The highest BCUT2D eigenvalue weighted by Gasteiger charge is 2.37. The number of nitrogens with one attached hydrogen (secondary N) is 1. The van der Waals surface area contributed by atoms with Crippen LogP contribution in [-0.2, 0) is 9.53 Å². The highest BCUT2D eigenvalue weighted by molar-refractivity contribution is 7.80. The normalized spacial score (nSPS) is 17.2. The van der Waals surface area contributed by atoms with Gasteiger partial charge in [0.05, 0.1) is 18.7 Å². The van der Waals surface area contributed by atoms with E-state index >= 15 is 0 Å². The second kappa shape index (κ2) is 7.43. The summed E-state index contributed by atoms with van der Waals surface area (Å²) in [5.74, 6) is -1.11. The fourth-order valence-corrected chi connectivity index (χ4v) is 3.64. The van der Waals surface area contributed by atoms with Gasteiger partial charge in [-0.3, -0.25) is 4.90 Å². The van der Waals surface area contributed by atoms with Crippen LogP contribution in [0, 0.1) is 5.82 Å². The summed E-state index contributed by atoms with van der Waals surface area (Å²) >= 11 is 11.7. The van der Waals surface area contributed by atoms with E-state index in [0.717, 1.165) is 5.69 Å². The fraction of sp³-hybridized carbons (Fsp3) is 0.158. The van der Waals surface area contributed by atoms with Crippen LogP contribution < -0.4 is 10.2 Å². The topological polar surface area (TPSA) is 41.6 Å². The second-order valence-electron chi connectivity index (χ2n) is 5.68. The zero-order valence-corrected chi connectivity index (χ0v) is 15.7. The van der Waals surface area contributed by atoms with Crippen molar-refractivity contribution in [2.75, 3.05) is 12.0 Å². The number of thiocarbonyl (C=S) groups is 1. The lowest BCUT2D eigenvalue weighted by atomic mass is 9.94. The third-order valence-corrected chi connectivity index (χ3v) is 4.82. The Hall–Kier alpha value is -2.44. The number of nitrogens with zero attached hydrogens (tertiary/aromatic N) is 1. The fourth-order valence-electron chi connectivity index (χ4n) is 3.01. The zero-order chi connectivity index (χ0) is 18.8. The number of rotatable bonds is 3. The van der Waals surface area contributed by atoms with Gasteiger partial charge < -0.3 is 10.1 Å². The molecular weight excluding hydrogens is 375 g/mol. The quantitative estimate of drug-likeness (QED) is 0.623. The van der Waals surface area contributed by atoms with Crippen LogP contribution in [0.2, 0.25) is 5.02 Å². The highest BCUT2D eigenvalue weighted by Crippen LogP contribution is 2.37. The maximum Gasteiger partial charge on any atom is 0.337 e. The lowest BCUT2D eigenvalue weighted by Crippen LogP contribution is -2.48. The Labute approximate surface area is 161 Å². The van der Waals surface area contributed by atoms with Crippen molar-refractivity contribution in [3.63, 3.8) is 0 Å². The molecule has 0 amide bonds. The SMILES string of the molecule is COC(=O)C1=C(C)N(c2ccccc2)C(=S)NC1c1c(F)cccc1Cl. The third kappa shape index (κ3) is 3.18. The summed E-state index contributed by atoms with van der Waals surface area (Å²) in [5.41, 5.74) is 1.74. The van der Waals surface area contributed by atoms with Crippen molar-refractivity contribution in [2.24, 2.45) is 0 Å². The van der Waals surface area contributed by atoms with E-state index in [0.29, 0.717) is 10.8 Å². The van der Waals surface area contributed by atoms with Crippen LogP contribution in [-0.4, -0.2) is 18.2 Å². The molecule has 26 heavy (non-hydrogen) atoms. The Morgan fingerprint density at radius 1 is 1.23 bits per heavy atom. The molecule has 2 aromatic rings. The number of carbonyl (C=O) groups is 1. The lowest BCUT2D eigenvalue weighted by Gasteiger charge is -2.37. The van der Waals surface area contributed by atoms with Crippen LogP contribution in [0.4, 0.5) is 10.1 Å². The number of para-hydroxylation sites is 1. The van der Waals surface area contributed by atoms with E-state index in [1.54, 1.807) is 17.9 Å². The number of anilines is 1. The first-order chi connectivity index (χ1) is 12.5. The Bertz CT molecular complexity index is 881. The molecule has 4 nitrogen and oxygen atoms in total. The van der Waals surface area contributed by atoms with E-state index in [1.165, 1.54) is 19.2 Å². The summed E-state index contributed by atoms with van der Waals surface area (Å²) in [6.45, 7) is 1.74. The minimum Gasteiger partial charge on any atom is -0.466 e. The largest absolute Gasteiger partial charge is 0.466 e. The lowest BCUT2D eigenvalue weighted by molar-refractivity contribution is -0.136. The number of methoxy groups -OCH3 is 1. The van der Waals surface area contributed by atoms with E-state index in [1.807, 2.05) is 30.3 Å². The standard InChI is InChI=1S/C19H16ClFN2O2S/c1-11-15(18(24)25-2)17(16-13(20)9-6-10-14(16)21)22-19(26)23(11)12-7-4-3-5-8-12/h3-10,17H,1-2H3,(H,22,26). The summed E-state index contributed by atoms with van der Waals surface area (Å²) in [4.78, 5) is 14.2. The first kappa shape index (κ1) is 18.4. The van der Waals surface area contributed by atoms with Crippen molar-refractivity contribution in [2.45, 2.75) is 13.0 Å². The van der Waals surface area contributed by atoms with E-state index in [-0.39, 0.29) is 16.2 Å². The van der Waals surface area contributed by atoms with Crippen LogP contribution in [0.25, 0.3) is 0 Å². The summed E-state index contributed by atoms with van der Waals surface area (Å²) in [5, 5.41) is 3.57. The Morgan fingerprint density at radius 3 is 2.54 bits per heavy atom. The molecule has 0 radical (unpaired) electrons. The molecule has 1 aliphatic rings. The average Bonchev–Trinajstić information content (AvgIpc) is 2.62. The van der Waals surface area contributed by atoms with Crippen molar-refractivity contribution < 1.29 is 13.9 Å². The van der Waals surface area contributed by atoms with Gasteiger partial charge in [0, 0.05) is 22.0 Å². The van der Waals surface area contributed by atoms with Gasteiger partial charge in [0.15, 0.2) is 5.11 Å². The third-order valence-electron chi connectivity index (χ3n) is 4.19. The first-order valence-electron chi connectivity index (χ1n) is 7.84. The first-order valence-corrected chi connectivity index (χ1v) is 8.63. The number of allylic oxidation sites excluding steroid dienone is 1. The van der Waals surface area contributed by atoms with Gasteiger partial charge >= 0.3 is 5.97 Å². The predicted octanol–water partition coefficient (Wildman–Crippen LogP) is 4.36. The van der Waals surface area contributed by atoms with Gasteiger partial charge in [-0.1, -0.05) is 35.9 Å². The summed E-state index contributed by atoms with van der Waals surface area (Å²) < 4.78 is 19.4. The van der Waals surface area contributed by atoms with Crippen molar-refractivity contribution in [3.8, 4) is 0 Å². The molecule has 1 atom stereocenters. The number of hydrogen-bond acceptors (Lipinski definition) is 3. The van der Waals surface area contributed by atoms with Gasteiger partial charge in [0.25, 0.3) is 0 Å². The molecule has 0 aliphatic carbocycles. The van der Waals surface area contributed by atoms with E-state index < -0.39 is 17.8 Å². The number of carbonyl (C=O) groups excluding carboxylic acids is 1. The molecule has 0 saturated heterocycles. The molecule has 0 aromatic heterocycles. The van der Waals surface area contributed by atoms with E-state index in [2.05, 4.69) is 5.32 Å². The Kier molecular flexibility index (Phi) is 5.25. The van der Waals surface area contributed by atoms with Gasteiger partial charge in [-0.05, 0) is 43.4 Å². The molecule has 134 valence electrons. The van der Waals surface area contributed by atoms with Crippen molar-refractivity contribution in [3.05, 3.63) is 76.2 Å². The van der Waals surface area contributed by atoms with Crippen molar-refractivity contribution in [1.82, 2.24) is 5.32 Å². The minimum atomic E-state index is -0.844. The van der Waals surface area contributed by atoms with Gasteiger partial charge in [-0.25, -0.2) is 9.18 Å². The van der Waals surface area contributed by atoms with Gasteiger partial charge in [0.1, 0.15) is 5.82 Å². The molecule has 0 saturated carbocycles. The van der Waals surface area contributed by atoms with Crippen LogP contribution in [0.5, 0.6) is 0 Å². The summed E-state index contributed by atoms with van der Waals surface area (Å²) in [6.07, 6.45) is 0. The van der Waals surface area contributed by atoms with Crippen LogP contribution in [0.15, 0.2) is 59.8 Å². The number of ether oxygens (including phenoxy) is 1. The smallest absolute Gasteiger partial charge is 0.337 e. The molecule has 3 rings (SSSR count). The molecule has 1 aliphatic heterocycles. The number of benzene rings is 2. The molecule has 2 aromatic carbocycles. The van der Waals surface area contributed by atoms with Crippen molar-refractivity contribution in [1.29, 1.82) is 0 Å². The van der Waals surface area contributed by atoms with Gasteiger partial charge in [0.2, 0.25) is 0 Å². The van der Waals surface area contributed by atoms with Crippen molar-refractivity contribution >= 4 is 40.6 Å². The summed E-state index contributed by atoms with van der Waals surface area (Å²) in [7, 11) is 1.28. The maximum atomic E-state index is 14.5. The Balaban J connectivity index is 2.20. The molecule has 0 spiro atoms. The summed E-state index contributed by atoms with van der Waals surface area (Å²) in [6, 6.07) is 12.9. The molecular formula is C19H16ClFN2O2S. The van der Waals surface area contributed by atoms with Crippen LogP contribution in [0.3, 0.4) is 0 Å². The van der Waals surface area contributed by atoms with Crippen LogP contribution in [0.1, 0.15) is 18.5 Å². The highest BCUT2D eigenvalue weighted by atomic mass is 35.5. The zero-order valence-electron chi connectivity index (χ0n) is 14.1. The van der Waals surface area contributed by atoms with Crippen LogP contribution >= 0.6 is 23.8 Å². The van der Waals surface area contributed by atoms with Gasteiger partial charge in [-0.2, -0.15) is 0 Å². The maximum absolute atomic E-state index is 14.5. The van der Waals surface area contributed by atoms with Gasteiger partial charge in [-0.15, -0.1) is 0 Å². The number of esters is 1. The number of hydrogen-bond donors (Lipinski definition) is 1.